The highest BCUT2D eigenvalue weighted by Gasteiger charge is 2.49. The molecule has 0 amide bonds. The Bertz CT molecular complexity index is 1110. The van der Waals surface area contributed by atoms with Crippen LogP contribution in [-0.2, 0) is 28.4 Å². The Morgan fingerprint density at radius 2 is 1.71 bits per heavy atom. The summed E-state index contributed by atoms with van der Waals surface area (Å²) in [5.41, 5.74) is -3.29. The van der Waals surface area contributed by atoms with Crippen LogP contribution in [0.25, 0.3) is 0 Å². The van der Waals surface area contributed by atoms with E-state index in [4.69, 9.17) is 9.84 Å². The van der Waals surface area contributed by atoms with Gasteiger partial charge in [0.25, 0.3) is 0 Å². The number of esters is 1. The lowest BCUT2D eigenvalue weighted by atomic mass is 9.79. The molecule has 1 atom stereocenters. The van der Waals surface area contributed by atoms with Gasteiger partial charge in [-0.05, 0) is 61.7 Å². The van der Waals surface area contributed by atoms with E-state index in [1.54, 1.807) is 19.1 Å². The molecule has 3 rings (SSSR count). The summed E-state index contributed by atoms with van der Waals surface area (Å²) in [7, 11) is 0. The van der Waals surface area contributed by atoms with Gasteiger partial charge in [0.1, 0.15) is 5.75 Å². The number of carbonyl (C=O) groups is 2. The fourth-order valence-corrected chi connectivity index (χ4v) is 4.04. The minimum atomic E-state index is -4.84. The van der Waals surface area contributed by atoms with Crippen molar-refractivity contribution in [3.63, 3.8) is 0 Å². The largest absolute Gasteiger partial charge is 0.481 e. The smallest absolute Gasteiger partial charge is 0.416 e. The zero-order valence-electron chi connectivity index (χ0n) is 18.8. The van der Waals surface area contributed by atoms with Gasteiger partial charge in [0, 0.05) is 25.6 Å². The van der Waals surface area contributed by atoms with E-state index in [-0.39, 0.29) is 31.7 Å². The molecule has 5 nitrogen and oxygen atoms in total. The summed E-state index contributed by atoms with van der Waals surface area (Å²) < 4.78 is 85.2. The van der Waals surface area contributed by atoms with Crippen LogP contribution >= 0.6 is 0 Å². The van der Waals surface area contributed by atoms with Crippen molar-refractivity contribution in [1.29, 1.82) is 0 Å². The predicted molar refractivity (Wildman–Crippen MR) is 113 cm³/mol. The van der Waals surface area contributed by atoms with Crippen LogP contribution in [0.5, 0.6) is 5.75 Å². The van der Waals surface area contributed by atoms with E-state index in [1.165, 1.54) is 24.0 Å². The van der Waals surface area contributed by atoms with Gasteiger partial charge in [0.2, 0.25) is 0 Å². The molecule has 1 saturated heterocycles. The molecule has 0 aliphatic carbocycles. The summed E-state index contributed by atoms with van der Waals surface area (Å²) in [5, 5.41) is 8.80. The number of likely N-dealkylation sites (tertiary alicyclic amines) is 1. The summed E-state index contributed by atoms with van der Waals surface area (Å²) in [6.07, 6.45) is -9.50. The third kappa shape index (κ3) is 6.14. The molecule has 0 saturated carbocycles. The van der Waals surface area contributed by atoms with E-state index in [1.807, 2.05) is 0 Å². The molecular formula is C24H23F6NO4. The molecule has 1 aliphatic heterocycles. The van der Waals surface area contributed by atoms with Crippen molar-refractivity contribution >= 4 is 11.9 Å². The SMILES string of the molecule is CC(c1cc(C(F)(F)F)ccc1C(F)(F)F)N1CC(C)(C(=O)Oc2cccc(CCC(=O)O)c2)C1. The van der Waals surface area contributed by atoms with E-state index in [2.05, 4.69) is 0 Å². The maximum absolute atomic E-state index is 13.5. The number of benzene rings is 2. The number of carbonyl (C=O) groups excluding carboxylic acids is 1. The first kappa shape index (κ1) is 26.5. The molecule has 1 fully saturated rings. The average molecular weight is 503 g/mol. The third-order valence-electron chi connectivity index (χ3n) is 6.02. The predicted octanol–water partition coefficient (Wildman–Crippen LogP) is 5.73. The molecule has 1 unspecified atom stereocenters. The van der Waals surface area contributed by atoms with Crippen LogP contribution in [0.2, 0.25) is 0 Å². The van der Waals surface area contributed by atoms with Gasteiger partial charge in [0.05, 0.1) is 16.5 Å². The standard InChI is InChI=1S/C24H23F6NO4/c1-14(18-11-16(23(25,26)27)7-8-19(18)24(28,29)30)31-12-22(2,13-31)21(34)35-17-5-3-4-15(10-17)6-9-20(32)33/h3-5,7-8,10-11,14H,6,9,12-13H2,1-2H3,(H,32,33). The molecule has 35 heavy (non-hydrogen) atoms. The first-order valence-corrected chi connectivity index (χ1v) is 10.7. The van der Waals surface area contributed by atoms with Crippen LogP contribution in [-0.4, -0.2) is 35.0 Å². The quantitative estimate of drug-likeness (QED) is 0.297. The number of nitrogens with zero attached hydrogens (tertiary/aromatic N) is 1. The summed E-state index contributed by atoms with van der Waals surface area (Å²) in [4.78, 5) is 25.0. The Morgan fingerprint density at radius 3 is 2.29 bits per heavy atom. The van der Waals surface area contributed by atoms with Crippen LogP contribution in [0.3, 0.4) is 0 Å². The molecule has 2 aromatic rings. The number of alkyl halides is 6. The lowest BCUT2D eigenvalue weighted by Crippen LogP contribution is -2.60. The number of carboxylic acid groups (broad SMARTS) is 1. The number of hydrogen-bond acceptors (Lipinski definition) is 4. The Labute approximate surface area is 197 Å². The zero-order valence-corrected chi connectivity index (χ0v) is 18.8. The summed E-state index contributed by atoms with van der Waals surface area (Å²) in [6, 6.07) is 6.63. The fourth-order valence-electron chi connectivity index (χ4n) is 4.04. The molecule has 0 spiro atoms. The molecule has 0 radical (unpaired) electrons. The molecule has 11 heteroatoms. The van der Waals surface area contributed by atoms with E-state index in [0.29, 0.717) is 23.8 Å². The Balaban J connectivity index is 1.72. The van der Waals surface area contributed by atoms with E-state index < -0.39 is 52.4 Å². The lowest BCUT2D eigenvalue weighted by Gasteiger charge is -2.49. The van der Waals surface area contributed by atoms with Crippen molar-refractivity contribution < 1.29 is 45.8 Å². The second-order valence-corrected chi connectivity index (χ2v) is 8.87. The van der Waals surface area contributed by atoms with E-state index in [9.17, 15) is 35.9 Å². The monoisotopic (exact) mass is 503 g/mol. The van der Waals surface area contributed by atoms with Gasteiger partial charge in [-0.25, -0.2) is 0 Å². The van der Waals surface area contributed by atoms with Crippen molar-refractivity contribution in [3.8, 4) is 5.75 Å². The molecule has 190 valence electrons. The van der Waals surface area contributed by atoms with Gasteiger partial charge in [-0.15, -0.1) is 0 Å². The van der Waals surface area contributed by atoms with Crippen molar-refractivity contribution in [2.45, 2.75) is 45.1 Å². The molecule has 0 bridgehead atoms. The molecule has 0 aromatic heterocycles. The van der Waals surface area contributed by atoms with Crippen LogP contribution < -0.4 is 4.74 Å². The maximum Gasteiger partial charge on any atom is 0.416 e. The average Bonchev–Trinajstić information content (AvgIpc) is 2.73. The van der Waals surface area contributed by atoms with Crippen LogP contribution in [0.1, 0.15) is 48.6 Å². The number of ether oxygens (including phenoxy) is 1. The van der Waals surface area contributed by atoms with Crippen LogP contribution in [0.4, 0.5) is 26.3 Å². The zero-order chi connectivity index (χ0) is 26.2. The van der Waals surface area contributed by atoms with Gasteiger partial charge >= 0.3 is 24.3 Å². The summed E-state index contributed by atoms with van der Waals surface area (Å²) >= 11 is 0. The van der Waals surface area contributed by atoms with E-state index >= 15 is 0 Å². The lowest BCUT2D eigenvalue weighted by molar-refractivity contribution is -0.158. The van der Waals surface area contributed by atoms with Crippen molar-refractivity contribution in [2.24, 2.45) is 5.41 Å². The fraction of sp³-hybridized carbons (Fsp3) is 0.417. The topological polar surface area (TPSA) is 66.8 Å². The normalized spacial score (nSPS) is 16.9. The minimum absolute atomic E-state index is 0.0146. The summed E-state index contributed by atoms with van der Waals surface area (Å²) in [5.74, 6) is -1.42. The molecule has 1 heterocycles. The van der Waals surface area contributed by atoms with Crippen molar-refractivity contribution in [3.05, 3.63) is 64.7 Å². The second kappa shape index (κ2) is 9.52. The Hall–Kier alpha value is -3.08. The van der Waals surface area contributed by atoms with Crippen LogP contribution in [0.15, 0.2) is 42.5 Å². The molecule has 1 N–H and O–H groups in total. The number of carboxylic acids is 1. The number of hydrogen-bond donors (Lipinski definition) is 1. The number of halogens is 6. The van der Waals surface area contributed by atoms with Crippen molar-refractivity contribution in [1.82, 2.24) is 4.90 Å². The van der Waals surface area contributed by atoms with Crippen LogP contribution in [0, 0.1) is 5.41 Å². The highest BCUT2D eigenvalue weighted by molar-refractivity contribution is 5.80. The first-order chi connectivity index (χ1) is 16.1. The van der Waals surface area contributed by atoms with E-state index in [0.717, 1.165) is 0 Å². The van der Waals surface area contributed by atoms with Gasteiger partial charge < -0.3 is 9.84 Å². The number of aliphatic carboxylic acids is 1. The second-order valence-electron chi connectivity index (χ2n) is 8.87. The maximum atomic E-state index is 13.5. The first-order valence-electron chi connectivity index (χ1n) is 10.7. The summed E-state index contributed by atoms with van der Waals surface area (Å²) in [6.45, 7) is 2.89. The minimum Gasteiger partial charge on any atom is -0.481 e. The highest BCUT2D eigenvalue weighted by Crippen LogP contribution is 2.43. The van der Waals surface area contributed by atoms with Crippen molar-refractivity contribution in [2.75, 3.05) is 13.1 Å². The molecule has 1 aliphatic rings. The Kier molecular flexibility index (Phi) is 7.21. The molecule has 2 aromatic carbocycles. The number of rotatable bonds is 7. The van der Waals surface area contributed by atoms with Gasteiger partial charge in [-0.1, -0.05) is 12.1 Å². The Morgan fingerprint density at radius 1 is 1.06 bits per heavy atom. The van der Waals surface area contributed by atoms with Gasteiger partial charge in [-0.2, -0.15) is 26.3 Å². The highest BCUT2D eigenvalue weighted by atomic mass is 19.4. The van der Waals surface area contributed by atoms with Gasteiger partial charge in [0.15, 0.2) is 0 Å². The third-order valence-corrected chi connectivity index (χ3v) is 6.02. The molecular weight excluding hydrogens is 480 g/mol. The van der Waals surface area contributed by atoms with Gasteiger partial charge in [-0.3, -0.25) is 14.5 Å². The number of aryl methyl sites for hydroxylation is 1.